The zero-order chi connectivity index (χ0) is 13.0. The predicted molar refractivity (Wildman–Crippen MR) is 72.0 cm³/mol. The minimum Gasteiger partial charge on any atom is -0.303 e. The van der Waals surface area contributed by atoms with Gasteiger partial charge in [-0.2, -0.15) is 0 Å². The quantitative estimate of drug-likeness (QED) is 0.792. The van der Waals surface area contributed by atoms with Crippen molar-refractivity contribution in [2.24, 2.45) is 0 Å². The van der Waals surface area contributed by atoms with Gasteiger partial charge in [-0.15, -0.1) is 0 Å². The van der Waals surface area contributed by atoms with Crippen LogP contribution in [0.5, 0.6) is 0 Å². The number of carbonyl (C=O) groups excluding carboxylic acids is 1. The monoisotopic (exact) mass is 245 g/mol. The molecule has 0 atom stereocenters. The summed E-state index contributed by atoms with van der Waals surface area (Å²) >= 11 is 0. The summed E-state index contributed by atoms with van der Waals surface area (Å²) in [5.41, 5.74) is 8.57. The van der Waals surface area contributed by atoms with Crippen molar-refractivity contribution >= 4 is 5.91 Å². The van der Waals surface area contributed by atoms with Gasteiger partial charge >= 0.3 is 0 Å². The molecule has 0 radical (unpaired) electrons. The van der Waals surface area contributed by atoms with Gasteiger partial charge in [0.2, 0.25) is 0 Å². The lowest BCUT2D eigenvalue weighted by atomic mass is 10.1. The number of carbonyl (C=O) groups is 1. The fraction of sp³-hybridized carbons (Fsp3) is 0.357. The Morgan fingerprint density at radius 2 is 2.22 bits per heavy atom. The Bertz CT molecular complexity index is 468. The molecule has 0 unspecified atom stereocenters. The molecule has 0 aromatic heterocycles. The van der Waals surface area contributed by atoms with E-state index in [0.29, 0.717) is 5.56 Å². The fourth-order valence-electron chi connectivity index (χ4n) is 1.88. The first-order valence-corrected chi connectivity index (χ1v) is 6.16. The maximum Gasteiger partial charge on any atom is 0.269 e. The van der Waals surface area contributed by atoms with Gasteiger partial charge in [0.1, 0.15) is 0 Å². The summed E-state index contributed by atoms with van der Waals surface area (Å²) in [5, 5.41) is 0. The van der Waals surface area contributed by atoms with Crippen LogP contribution in [0.25, 0.3) is 0 Å². The molecule has 0 bridgehead atoms. The van der Waals surface area contributed by atoms with Gasteiger partial charge in [0.05, 0.1) is 0 Å². The highest BCUT2D eigenvalue weighted by atomic mass is 16.2. The summed E-state index contributed by atoms with van der Waals surface area (Å²) in [7, 11) is 2.08. The number of likely N-dealkylation sites (N-methyl/N-ethyl adjacent to an activating group) is 1. The fourth-order valence-corrected chi connectivity index (χ4v) is 1.88. The van der Waals surface area contributed by atoms with Crippen molar-refractivity contribution in [3.63, 3.8) is 0 Å². The molecule has 4 nitrogen and oxygen atoms in total. The summed E-state index contributed by atoms with van der Waals surface area (Å²) < 4.78 is 0. The van der Waals surface area contributed by atoms with E-state index in [9.17, 15) is 4.79 Å². The van der Waals surface area contributed by atoms with Crippen molar-refractivity contribution in [1.82, 2.24) is 15.8 Å². The third-order valence-electron chi connectivity index (χ3n) is 3.03. The average molecular weight is 245 g/mol. The van der Waals surface area contributed by atoms with E-state index in [1.807, 2.05) is 31.2 Å². The lowest BCUT2D eigenvalue weighted by molar-refractivity contribution is 0.0937. The first-order valence-electron chi connectivity index (χ1n) is 6.16. The molecule has 1 aliphatic rings. The van der Waals surface area contributed by atoms with Crippen molar-refractivity contribution in [3.8, 4) is 0 Å². The second kappa shape index (κ2) is 5.69. The Labute approximate surface area is 108 Å². The van der Waals surface area contributed by atoms with Gasteiger partial charge in [-0.1, -0.05) is 17.7 Å². The maximum absolute atomic E-state index is 11.9. The van der Waals surface area contributed by atoms with Crippen LogP contribution in [0.2, 0.25) is 0 Å². The molecule has 2 rings (SSSR count). The molecule has 0 fully saturated rings. The number of nitrogens with one attached hydrogen (secondary N) is 2. The molecule has 18 heavy (non-hydrogen) atoms. The number of hydrogen-bond acceptors (Lipinski definition) is 3. The topological polar surface area (TPSA) is 44.4 Å². The third-order valence-corrected chi connectivity index (χ3v) is 3.03. The number of benzene rings is 1. The van der Waals surface area contributed by atoms with E-state index in [1.165, 1.54) is 0 Å². The molecule has 1 heterocycles. The van der Waals surface area contributed by atoms with Gasteiger partial charge in [0, 0.05) is 30.8 Å². The van der Waals surface area contributed by atoms with E-state index in [1.54, 1.807) is 0 Å². The van der Waals surface area contributed by atoms with Crippen LogP contribution in [0, 0.1) is 6.92 Å². The SMILES string of the molecule is Cc1cccc(C(=O)NNC2=CCN(C)CC2)c1. The first kappa shape index (κ1) is 12.6. The predicted octanol–water partition coefficient (Wildman–Crippen LogP) is 1.45. The third kappa shape index (κ3) is 3.34. The molecule has 1 aromatic rings. The largest absolute Gasteiger partial charge is 0.303 e. The first-order chi connectivity index (χ1) is 8.65. The van der Waals surface area contributed by atoms with Crippen LogP contribution in [0.4, 0.5) is 0 Å². The number of nitrogens with zero attached hydrogens (tertiary/aromatic N) is 1. The van der Waals surface area contributed by atoms with Crippen LogP contribution in [-0.4, -0.2) is 30.9 Å². The van der Waals surface area contributed by atoms with Crippen LogP contribution >= 0.6 is 0 Å². The van der Waals surface area contributed by atoms with E-state index in [4.69, 9.17) is 0 Å². The van der Waals surface area contributed by atoms with E-state index < -0.39 is 0 Å². The number of rotatable bonds is 3. The minimum absolute atomic E-state index is 0.0986. The van der Waals surface area contributed by atoms with Crippen molar-refractivity contribution in [1.29, 1.82) is 0 Å². The van der Waals surface area contributed by atoms with E-state index in [-0.39, 0.29) is 5.91 Å². The molecule has 0 aliphatic carbocycles. The number of amides is 1. The van der Waals surface area contributed by atoms with Gasteiger partial charge < -0.3 is 10.3 Å². The Morgan fingerprint density at radius 1 is 1.39 bits per heavy atom. The highest BCUT2D eigenvalue weighted by molar-refractivity contribution is 5.94. The number of hydrogen-bond donors (Lipinski definition) is 2. The Hall–Kier alpha value is -1.81. The standard InChI is InChI=1S/C14H19N3O/c1-11-4-3-5-12(10-11)14(18)16-15-13-6-8-17(2)9-7-13/h3-6,10,15H,7-9H2,1-2H3,(H,16,18). The van der Waals surface area contributed by atoms with Crippen molar-refractivity contribution < 1.29 is 4.79 Å². The van der Waals surface area contributed by atoms with Crippen LogP contribution in [0.15, 0.2) is 36.0 Å². The zero-order valence-corrected chi connectivity index (χ0v) is 10.9. The molecule has 96 valence electrons. The molecule has 1 aromatic carbocycles. The van der Waals surface area contributed by atoms with Gasteiger partial charge in [0.15, 0.2) is 0 Å². The summed E-state index contributed by atoms with van der Waals surface area (Å²) in [5.74, 6) is -0.0986. The number of aryl methyl sites for hydroxylation is 1. The van der Waals surface area contributed by atoms with Crippen LogP contribution in [-0.2, 0) is 0 Å². The minimum atomic E-state index is -0.0986. The summed E-state index contributed by atoms with van der Waals surface area (Å²) in [6, 6.07) is 7.55. The molecule has 0 saturated heterocycles. The molecular formula is C14H19N3O. The molecule has 0 spiro atoms. The smallest absolute Gasteiger partial charge is 0.269 e. The lowest BCUT2D eigenvalue weighted by Crippen LogP contribution is -2.39. The molecular weight excluding hydrogens is 226 g/mol. The lowest BCUT2D eigenvalue weighted by Gasteiger charge is -2.22. The molecule has 1 aliphatic heterocycles. The highest BCUT2D eigenvalue weighted by Gasteiger charge is 2.09. The van der Waals surface area contributed by atoms with E-state index in [0.717, 1.165) is 30.8 Å². The summed E-state index contributed by atoms with van der Waals surface area (Å²) in [6.07, 6.45) is 3.03. The van der Waals surface area contributed by atoms with Gasteiger partial charge in [-0.05, 0) is 32.2 Å². The number of hydrazine groups is 1. The van der Waals surface area contributed by atoms with Gasteiger partial charge in [-0.25, -0.2) is 0 Å². The maximum atomic E-state index is 11.9. The van der Waals surface area contributed by atoms with Crippen molar-refractivity contribution in [2.75, 3.05) is 20.1 Å². The molecule has 2 N–H and O–H groups in total. The van der Waals surface area contributed by atoms with Crippen LogP contribution in [0.3, 0.4) is 0 Å². The van der Waals surface area contributed by atoms with Crippen LogP contribution in [0.1, 0.15) is 22.3 Å². The Kier molecular flexibility index (Phi) is 3.99. The molecule has 4 heteroatoms. The van der Waals surface area contributed by atoms with Crippen LogP contribution < -0.4 is 10.9 Å². The van der Waals surface area contributed by atoms with Crippen molar-refractivity contribution in [2.45, 2.75) is 13.3 Å². The summed E-state index contributed by atoms with van der Waals surface area (Å²) in [6.45, 7) is 3.91. The Balaban J connectivity index is 1.89. The highest BCUT2D eigenvalue weighted by Crippen LogP contribution is 2.06. The van der Waals surface area contributed by atoms with Gasteiger partial charge in [-0.3, -0.25) is 10.2 Å². The van der Waals surface area contributed by atoms with E-state index in [2.05, 4.69) is 28.9 Å². The van der Waals surface area contributed by atoms with Gasteiger partial charge in [0.25, 0.3) is 5.91 Å². The summed E-state index contributed by atoms with van der Waals surface area (Å²) in [4.78, 5) is 14.1. The molecule has 0 saturated carbocycles. The second-order valence-electron chi connectivity index (χ2n) is 4.69. The van der Waals surface area contributed by atoms with E-state index >= 15 is 0 Å². The average Bonchev–Trinajstić information content (AvgIpc) is 2.38. The van der Waals surface area contributed by atoms with Crippen molar-refractivity contribution in [3.05, 3.63) is 47.2 Å². The molecule has 1 amide bonds. The second-order valence-corrected chi connectivity index (χ2v) is 4.69. The zero-order valence-electron chi connectivity index (χ0n) is 10.9. The Morgan fingerprint density at radius 3 is 2.89 bits per heavy atom. The normalized spacial score (nSPS) is 16.0.